The number of aromatic nitrogens is 1. The summed E-state index contributed by atoms with van der Waals surface area (Å²) in [7, 11) is 0. The molecule has 2 aromatic rings. The molecule has 178 valence electrons. The molecule has 1 aromatic heterocycles. The largest absolute Gasteiger partial charge is 0.417 e. The highest BCUT2D eigenvalue weighted by molar-refractivity contribution is 5.93. The number of nitrogens with two attached hydrogens (primary N) is 1. The van der Waals surface area contributed by atoms with Gasteiger partial charge in [-0.2, -0.15) is 18.4 Å². The lowest BCUT2D eigenvalue weighted by Gasteiger charge is -2.36. The number of carbonyl (C=O) groups excluding carboxylic acids is 2. The van der Waals surface area contributed by atoms with Gasteiger partial charge in [-0.15, -0.1) is 0 Å². The Morgan fingerprint density at radius 2 is 1.88 bits per heavy atom. The fourth-order valence-corrected chi connectivity index (χ4v) is 5.08. The zero-order chi connectivity index (χ0) is 24.5. The SMILES string of the molecule is N#Cc1ccc(N2CC(C(N)=O)C(C3CCN(C(=O)c4cccnc4)CC3)C2)cc1C(F)(F)F. The van der Waals surface area contributed by atoms with E-state index in [0.717, 1.165) is 12.1 Å². The topological polar surface area (TPSA) is 103 Å². The number of likely N-dealkylation sites (tertiary alicyclic amines) is 1. The van der Waals surface area contributed by atoms with Crippen molar-refractivity contribution in [2.24, 2.45) is 23.5 Å². The molecule has 2 aliphatic rings. The molecule has 2 fully saturated rings. The lowest BCUT2D eigenvalue weighted by molar-refractivity contribution is -0.137. The Morgan fingerprint density at radius 3 is 2.47 bits per heavy atom. The zero-order valence-corrected chi connectivity index (χ0v) is 18.3. The van der Waals surface area contributed by atoms with Gasteiger partial charge in [0.05, 0.1) is 28.7 Å². The molecular formula is C24H24F3N5O2. The lowest BCUT2D eigenvalue weighted by Crippen LogP contribution is -2.42. The Labute approximate surface area is 195 Å². The van der Waals surface area contributed by atoms with E-state index in [2.05, 4.69) is 4.98 Å². The highest BCUT2D eigenvalue weighted by Gasteiger charge is 2.43. The summed E-state index contributed by atoms with van der Waals surface area (Å²) in [4.78, 5) is 32.4. The van der Waals surface area contributed by atoms with Crippen LogP contribution in [0.1, 0.15) is 34.3 Å². The van der Waals surface area contributed by atoms with Crippen molar-refractivity contribution >= 4 is 17.5 Å². The maximum Gasteiger partial charge on any atom is 0.417 e. The van der Waals surface area contributed by atoms with E-state index in [0.29, 0.717) is 43.7 Å². The molecule has 2 saturated heterocycles. The maximum atomic E-state index is 13.4. The number of benzene rings is 1. The molecule has 2 atom stereocenters. The van der Waals surface area contributed by atoms with Crippen LogP contribution in [0.5, 0.6) is 0 Å². The third-order valence-corrected chi connectivity index (χ3v) is 6.87. The quantitative estimate of drug-likeness (QED) is 0.738. The van der Waals surface area contributed by atoms with Gasteiger partial charge in [-0.05, 0) is 55.0 Å². The van der Waals surface area contributed by atoms with E-state index < -0.39 is 29.1 Å². The molecule has 2 unspecified atom stereocenters. The number of pyridine rings is 1. The molecule has 0 saturated carbocycles. The Bertz CT molecular complexity index is 1110. The number of carbonyl (C=O) groups is 2. The fourth-order valence-electron chi connectivity index (χ4n) is 5.08. The van der Waals surface area contributed by atoms with E-state index in [1.54, 1.807) is 34.2 Å². The van der Waals surface area contributed by atoms with Crippen LogP contribution in [-0.2, 0) is 11.0 Å². The van der Waals surface area contributed by atoms with E-state index in [1.165, 1.54) is 12.3 Å². The molecule has 0 radical (unpaired) electrons. The summed E-state index contributed by atoms with van der Waals surface area (Å²) in [5, 5.41) is 9.04. The second-order valence-electron chi connectivity index (χ2n) is 8.79. The van der Waals surface area contributed by atoms with E-state index in [1.807, 2.05) is 0 Å². The second kappa shape index (κ2) is 9.33. The summed E-state index contributed by atoms with van der Waals surface area (Å²) in [6, 6.07) is 8.61. The highest BCUT2D eigenvalue weighted by atomic mass is 19.4. The molecular weight excluding hydrogens is 447 g/mol. The van der Waals surface area contributed by atoms with Crippen molar-refractivity contribution in [2.45, 2.75) is 19.0 Å². The molecule has 0 bridgehead atoms. The maximum absolute atomic E-state index is 13.4. The number of piperidine rings is 1. The van der Waals surface area contributed by atoms with Gasteiger partial charge in [0.25, 0.3) is 5.91 Å². The monoisotopic (exact) mass is 471 g/mol. The molecule has 2 amide bonds. The van der Waals surface area contributed by atoms with Gasteiger partial charge in [0, 0.05) is 44.3 Å². The van der Waals surface area contributed by atoms with Crippen LogP contribution in [0, 0.1) is 29.1 Å². The van der Waals surface area contributed by atoms with Crippen molar-refractivity contribution in [3.05, 3.63) is 59.4 Å². The predicted molar refractivity (Wildman–Crippen MR) is 117 cm³/mol. The number of alkyl halides is 3. The Balaban J connectivity index is 1.48. The van der Waals surface area contributed by atoms with Crippen molar-refractivity contribution in [2.75, 3.05) is 31.1 Å². The molecule has 3 heterocycles. The number of halogens is 3. The third kappa shape index (κ3) is 4.69. The highest BCUT2D eigenvalue weighted by Crippen LogP contribution is 2.40. The summed E-state index contributed by atoms with van der Waals surface area (Å²) in [5.41, 5.74) is 5.07. The van der Waals surface area contributed by atoms with Gasteiger partial charge in [-0.3, -0.25) is 14.6 Å². The molecule has 7 nitrogen and oxygen atoms in total. The minimum absolute atomic E-state index is 0.0942. The molecule has 34 heavy (non-hydrogen) atoms. The minimum atomic E-state index is -4.66. The van der Waals surface area contributed by atoms with Gasteiger partial charge in [0.15, 0.2) is 0 Å². The predicted octanol–water partition coefficient (Wildman–Crippen LogP) is 3.06. The van der Waals surface area contributed by atoms with Gasteiger partial charge in [-0.25, -0.2) is 0 Å². The second-order valence-corrected chi connectivity index (χ2v) is 8.79. The van der Waals surface area contributed by atoms with Crippen molar-refractivity contribution in [1.82, 2.24) is 9.88 Å². The van der Waals surface area contributed by atoms with Crippen LogP contribution >= 0.6 is 0 Å². The zero-order valence-electron chi connectivity index (χ0n) is 18.3. The van der Waals surface area contributed by atoms with Crippen LogP contribution in [0.2, 0.25) is 0 Å². The van der Waals surface area contributed by atoms with Crippen LogP contribution < -0.4 is 10.6 Å². The molecule has 2 aliphatic heterocycles. The van der Waals surface area contributed by atoms with Crippen LogP contribution in [0.15, 0.2) is 42.7 Å². The molecule has 2 N–H and O–H groups in total. The molecule has 10 heteroatoms. The smallest absolute Gasteiger partial charge is 0.370 e. The number of hydrogen-bond donors (Lipinski definition) is 1. The Morgan fingerprint density at radius 1 is 1.15 bits per heavy atom. The number of nitriles is 1. The number of hydrogen-bond acceptors (Lipinski definition) is 5. The normalized spacial score (nSPS) is 21.4. The summed E-state index contributed by atoms with van der Waals surface area (Å²) < 4.78 is 40.3. The van der Waals surface area contributed by atoms with Crippen LogP contribution in [-0.4, -0.2) is 47.9 Å². The van der Waals surface area contributed by atoms with Crippen LogP contribution in [0.4, 0.5) is 18.9 Å². The van der Waals surface area contributed by atoms with Gasteiger partial charge in [0.2, 0.25) is 5.91 Å². The Kier molecular flexibility index (Phi) is 6.46. The molecule has 4 rings (SSSR count). The van der Waals surface area contributed by atoms with E-state index in [4.69, 9.17) is 11.0 Å². The van der Waals surface area contributed by atoms with Gasteiger partial charge in [0.1, 0.15) is 0 Å². The average Bonchev–Trinajstić information content (AvgIpc) is 3.29. The number of nitrogens with zero attached hydrogens (tertiary/aromatic N) is 4. The van der Waals surface area contributed by atoms with Crippen molar-refractivity contribution in [1.29, 1.82) is 5.26 Å². The third-order valence-electron chi connectivity index (χ3n) is 6.87. The van der Waals surface area contributed by atoms with Gasteiger partial charge < -0.3 is 15.5 Å². The fraction of sp³-hybridized carbons (Fsp3) is 0.417. The van der Waals surface area contributed by atoms with Crippen molar-refractivity contribution in [3.63, 3.8) is 0 Å². The van der Waals surface area contributed by atoms with E-state index in [9.17, 15) is 22.8 Å². The summed E-state index contributed by atoms with van der Waals surface area (Å²) in [6.45, 7) is 1.65. The van der Waals surface area contributed by atoms with E-state index in [-0.39, 0.29) is 24.3 Å². The van der Waals surface area contributed by atoms with Crippen LogP contribution in [0.3, 0.4) is 0 Å². The first-order chi connectivity index (χ1) is 16.2. The minimum Gasteiger partial charge on any atom is -0.370 e. The number of anilines is 1. The summed E-state index contributed by atoms with van der Waals surface area (Å²) in [5.74, 6) is -1.09. The number of rotatable bonds is 4. The van der Waals surface area contributed by atoms with Crippen molar-refractivity contribution < 1.29 is 22.8 Å². The van der Waals surface area contributed by atoms with Crippen LogP contribution in [0.25, 0.3) is 0 Å². The number of amides is 2. The lowest BCUT2D eigenvalue weighted by atomic mass is 9.78. The molecule has 0 spiro atoms. The van der Waals surface area contributed by atoms with E-state index >= 15 is 0 Å². The van der Waals surface area contributed by atoms with Gasteiger partial charge >= 0.3 is 6.18 Å². The average molecular weight is 471 g/mol. The standard InChI is InChI=1S/C24H24F3N5O2/c25-24(26,27)21-10-18(4-3-16(21)11-28)32-13-19(20(14-32)22(29)33)15-5-8-31(9-6-15)23(34)17-2-1-7-30-12-17/h1-4,7,10,12,15,19-20H,5-6,8-9,13-14H2,(H2,29,33). The number of primary amides is 1. The Hall–Kier alpha value is -3.61. The van der Waals surface area contributed by atoms with Crippen molar-refractivity contribution in [3.8, 4) is 6.07 Å². The molecule has 1 aromatic carbocycles. The first-order valence-corrected chi connectivity index (χ1v) is 11.0. The first-order valence-electron chi connectivity index (χ1n) is 11.0. The summed E-state index contributed by atoms with van der Waals surface area (Å²) in [6.07, 6.45) is -0.175. The van der Waals surface area contributed by atoms with Gasteiger partial charge in [-0.1, -0.05) is 0 Å². The molecule has 0 aliphatic carbocycles. The summed E-state index contributed by atoms with van der Waals surface area (Å²) >= 11 is 0. The first kappa shape index (κ1) is 23.5.